The number of fused-ring (bicyclic) bond motifs is 1. The molecule has 1 saturated heterocycles. The molecular formula is C28H28N6S. The van der Waals surface area contributed by atoms with E-state index in [2.05, 4.69) is 65.7 Å². The fourth-order valence-corrected chi connectivity index (χ4v) is 5.69. The number of rotatable bonds is 5. The van der Waals surface area contributed by atoms with Gasteiger partial charge in [-0.3, -0.25) is 0 Å². The fraction of sp³-hybridized carbons (Fsp3) is 0.250. The van der Waals surface area contributed by atoms with Crippen LogP contribution in [0.2, 0.25) is 0 Å². The number of aromatic nitrogens is 4. The molecule has 6 rings (SSSR count). The predicted octanol–water partition coefficient (Wildman–Crippen LogP) is 5.89. The Labute approximate surface area is 209 Å². The number of hydrogen-bond acceptors (Lipinski definition) is 6. The maximum Gasteiger partial charge on any atom is 0.228 e. The van der Waals surface area contributed by atoms with Gasteiger partial charge in [0.25, 0.3) is 0 Å². The van der Waals surface area contributed by atoms with Gasteiger partial charge in [0, 0.05) is 13.1 Å². The third-order valence-corrected chi connectivity index (χ3v) is 7.70. The summed E-state index contributed by atoms with van der Waals surface area (Å²) in [5.74, 6) is 2.00. The number of nitrogens with zero attached hydrogens (tertiary/aromatic N) is 5. The lowest BCUT2D eigenvalue weighted by molar-refractivity contribution is 0.401. The van der Waals surface area contributed by atoms with Crippen molar-refractivity contribution in [2.75, 3.05) is 23.7 Å². The molecule has 2 aromatic carbocycles. The Balaban J connectivity index is 1.34. The molecule has 3 aromatic heterocycles. The third-order valence-electron chi connectivity index (χ3n) is 6.82. The van der Waals surface area contributed by atoms with Gasteiger partial charge < -0.3 is 10.6 Å². The highest BCUT2D eigenvalue weighted by molar-refractivity contribution is 7.13. The summed E-state index contributed by atoms with van der Waals surface area (Å²) in [6.45, 7) is 3.96. The highest BCUT2D eigenvalue weighted by Crippen LogP contribution is 2.36. The minimum atomic E-state index is 0.571. The summed E-state index contributed by atoms with van der Waals surface area (Å²) in [5, 5.41) is 7.72. The Hall–Kier alpha value is -3.71. The van der Waals surface area contributed by atoms with E-state index >= 15 is 0 Å². The highest BCUT2D eigenvalue weighted by Gasteiger charge is 2.25. The van der Waals surface area contributed by atoms with Crippen molar-refractivity contribution in [3.8, 4) is 16.3 Å². The molecule has 0 radical (unpaired) electrons. The van der Waals surface area contributed by atoms with E-state index in [0.717, 1.165) is 65.5 Å². The molecule has 0 aliphatic carbocycles. The van der Waals surface area contributed by atoms with Gasteiger partial charge in [-0.2, -0.15) is 4.98 Å². The van der Waals surface area contributed by atoms with Crippen LogP contribution in [0.5, 0.6) is 0 Å². The molecule has 0 amide bonds. The van der Waals surface area contributed by atoms with Crippen LogP contribution in [-0.4, -0.2) is 32.8 Å². The smallest absolute Gasteiger partial charge is 0.228 e. The van der Waals surface area contributed by atoms with Gasteiger partial charge in [0.15, 0.2) is 5.65 Å². The lowest BCUT2D eigenvalue weighted by atomic mass is 9.90. The van der Waals surface area contributed by atoms with Gasteiger partial charge in [0.1, 0.15) is 5.82 Å². The molecule has 0 spiro atoms. The maximum absolute atomic E-state index is 6.66. The average Bonchev–Trinajstić information content (AvgIpc) is 3.53. The Morgan fingerprint density at radius 2 is 1.80 bits per heavy atom. The van der Waals surface area contributed by atoms with E-state index in [9.17, 15) is 0 Å². The Bertz CT molecular complexity index is 1450. The van der Waals surface area contributed by atoms with Crippen molar-refractivity contribution in [3.63, 3.8) is 0 Å². The van der Waals surface area contributed by atoms with Gasteiger partial charge in [-0.1, -0.05) is 48.5 Å². The van der Waals surface area contributed by atoms with Crippen molar-refractivity contribution < 1.29 is 0 Å². The SMILES string of the molecule is Cc1cccc(-n2nc3nc(N4CCC(Cc5ccccc5)CC4)nc(-c4cccs4)c3c2N)c1. The monoisotopic (exact) mass is 480 g/mol. The van der Waals surface area contributed by atoms with Crippen LogP contribution < -0.4 is 10.6 Å². The van der Waals surface area contributed by atoms with Crippen LogP contribution in [0, 0.1) is 12.8 Å². The van der Waals surface area contributed by atoms with Crippen molar-refractivity contribution >= 4 is 34.1 Å². The van der Waals surface area contributed by atoms with Crippen molar-refractivity contribution in [1.29, 1.82) is 0 Å². The lowest BCUT2D eigenvalue weighted by Crippen LogP contribution is -2.35. The summed E-state index contributed by atoms with van der Waals surface area (Å²) in [6.07, 6.45) is 3.39. The second-order valence-electron chi connectivity index (χ2n) is 9.30. The van der Waals surface area contributed by atoms with Crippen molar-refractivity contribution in [2.24, 2.45) is 5.92 Å². The van der Waals surface area contributed by atoms with E-state index in [1.165, 1.54) is 5.56 Å². The maximum atomic E-state index is 6.66. The first-order chi connectivity index (χ1) is 17.2. The zero-order chi connectivity index (χ0) is 23.8. The molecule has 0 unspecified atom stereocenters. The Morgan fingerprint density at radius 3 is 2.54 bits per heavy atom. The van der Waals surface area contributed by atoms with E-state index < -0.39 is 0 Å². The van der Waals surface area contributed by atoms with Crippen LogP contribution in [0.1, 0.15) is 24.0 Å². The number of piperidine rings is 1. The van der Waals surface area contributed by atoms with E-state index in [4.69, 9.17) is 20.8 Å². The predicted molar refractivity (Wildman–Crippen MR) is 144 cm³/mol. The second kappa shape index (κ2) is 9.15. The Morgan fingerprint density at radius 1 is 0.971 bits per heavy atom. The number of nitrogen functional groups attached to an aromatic ring is 1. The molecule has 1 fully saturated rings. The van der Waals surface area contributed by atoms with Gasteiger partial charge in [0.05, 0.1) is 21.6 Å². The van der Waals surface area contributed by atoms with Gasteiger partial charge in [-0.15, -0.1) is 16.4 Å². The van der Waals surface area contributed by atoms with Crippen LogP contribution in [0.15, 0.2) is 72.1 Å². The van der Waals surface area contributed by atoms with Crippen LogP contribution in [0.25, 0.3) is 27.3 Å². The molecule has 1 aliphatic rings. The quantitative estimate of drug-likeness (QED) is 0.339. The second-order valence-corrected chi connectivity index (χ2v) is 10.3. The first-order valence-electron chi connectivity index (χ1n) is 12.1. The van der Waals surface area contributed by atoms with Crippen LogP contribution in [0.4, 0.5) is 11.8 Å². The topological polar surface area (TPSA) is 72.9 Å². The minimum absolute atomic E-state index is 0.571. The number of thiophene rings is 1. The number of hydrogen-bond donors (Lipinski definition) is 1. The standard InChI is InChI=1S/C28H28N6S/c1-19-7-5-10-22(17-19)34-26(29)24-25(23-11-6-16-35-23)30-28(31-27(24)32-34)33-14-12-21(13-15-33)18-20-8-3-2-4-9-20/h2-11,16-17,21H,12-15,18,29H2,1H3. The summed E-state index contributed by atoms with van der Waals surface area (Å²) >= 11 is 1.66. The molecule has 6 nitrogen and oxygen atoms in total. The molecule has 2 N–H and O–H groups in total. The zero-order valence-corrected chi connectivity index (χ0v) is 20.6. The first kappa shape index (κ1) is 21.8. The molecule has 35 heavy (non-hydrogen) atoms. The molecule has 0 saturated carbocycles. The van der Waals surface area contributed by atoms with E-state index in [1.807, 2.05) is 18.2 Å². The minimum Gasteiger partial charge on any atom is -0.383 e. The molecule has 0 atom stereocenters. The van der Waals surface area contributed by atoms with Crippen LogP contribution in [0.3, 0.4) is 0 Å². The lowest BCUT2D eigenvalue weighted by Gasteiger charge is -2.32. The van der Waals surface area contributed by atoms with Gasteiger partial charge in [0.2, 0.25) is 5.95 Å². The molecule has 7 heteroatoms. The van der Waals surface area contributed by atoms with Crippen molar-refractivity contribution in [3.05, 3.63) is 83.2 Å². The fourth-order valence-electron chi connectivity index (χ4n) is 4.97. The molecule has 1 aliphatic heterocycles. The Kier molecular flexibility index (Phi) is 5.70. The summed E-state index contributed by atoms with van der Waals surface area (Å²) in [7, 11) is 0. The van der Waals surface area contributed by atoms with Crippen LogP contribution >= 0.6 is 11.3 Å². The summed E-state index contributed by atoms with van der Waals surface area (Å²) < 4.78 is 1.79. The molecule has 5 aromatic rings. The van der Waals surface area contributed by atoms with Gasteiger partial charge in [-0.25, -0.2) is 9.67 Å². The largest absolute Gasteiger partial charge is 0.383 e. The van der Waals surface area contributed by atoms with E-state index in [-0.39, 0.29) is 0 Å². The molecule has 0 bridgehead atoms. The highest BCUT2D eigenvalue weighted by atomic mass is 32.1. The summed E-state index contributed by atoms with van der Waals surface area (Å²) in [4.78, 5) is 13.4. The number of nitrogens with two attached hydrogens (primary N) is 1. The number of aryl methyl sites for hydroxylation is 1. The van der Waals surface area contributed by atoms with E-state index in [0.29, 0.717) is 17.4 Å². The normalized spacial score (nSPS) is 14.6. The van der Waals surface area contributed by atoms with Gasteiger partial charge in [-0.05, 0) is 66.8 Å². The first-order valence-corrected chi connectivity index (χ1v) is 13.0. The number of anilines is 2. The van der Waals surface area contributed by atoms with Gasteiger partial charge >= 0.3 is 0 Å². The molecule has 4 heterocycles. The van der Waals surface area contributed by atoms with Crippen LogP contribution in [-0.2, 0) is 6.42 Å². The summed E-state index contributed by atoms with van der Waals surface area (Å²) in [5.41, 5.74) is 11.7. The zero-order valence-electron chi connectivity index (χ0n) is 19.8. The molecule has 176 valence electrons. The third kappa shape index (κ3) is 4.28. The molecular weight excluding hydrogens is 452 g/mol. The van der Waals surface area contributed by atoms with Crippen molar-refractivity contribution in [2.45, 2.75) is 26.2 Å². The summed E-state index contributed by atoms with van der Waals surface area (Å²) in [6, 6.07) is 23.1. The van der Waals surface area contributed by atoms with Crippen molar-refractivity contribution in [1.82, 2.24) is 19.7 Å². The average molecular weight is 481 g/mol. The number of benzene rings is 2. The van der Waals surface area contributed by atoms with E-state index in [1.54, 1.807) is 16.0 Å².